The lowest BCUT2D eigenvalue weighted by Gasteiger charge is -2.41. The zero-order valence-electron chi connectivity index (χ0n) is 17.2. The van der Waals surface area contributed by atoms with Gasteiger partial charge in [0.2, 0.25) is 0 Å². The van der Waals surface area contributed by atoms with Crippen LogP contribution >= 0.6 is 0 Å². The molecule has 0 bridgehead atoms. The van der Waals surface area contributed by atoms with Crippen LogP contribution in [0.15, 0.2) is 24.3 Å². The molecule has 138 valence electrons. The third-order valence-corrected chi connectivity index (χ3v) is 7.86. The molecule has 2 unspecified atom stereocenters. The Hall–Kier alpha value is -0.820. The Morgan fingerprint density at radius 2 is 1.60 bits per heavy atom. The van der Waals surface area contributed by atoms with E-state index in [0.717, 1.165) is 17.9 Å². The normalized spacial score (nSPS) is 41.6. The van der Waals surface area contributed by atoms with Gasteiger partial charge in [-0.15, -0.1) is 0 Å². The van der Waals surface area contributed by atoms with Gasteiger partial charge in [0.25, 0.3) is 0 Å². The van der Waals surface area contributed by atoms with Gasteiger partial charge in [-0.2, -0.15) is 0 Å². The van der Waals surface area contributed by atoms with Gasteiger partial charge in [0.1, 0.15) is 0 Å². The number of hydrogen-bond donors (Lipinski definition) is 0. The smallest absolute Gasteiger partial charge is 0.0158 e. The fourth-order valence-corrected chi connectivity index (χ4v) is 6.51. The van der Waals surface area contributed by atoms with Gasteiger partial charge >= 0.3 is 0 Å². The van der Waals surface area contributed by atoms with Crippen molar-refractivity contribution < 1.29 is 0 Å². The molecule has 1 heterocycles. The molecule has 5 atom stereocenters. The molecule has 0 aromatic heterocycles. The van der Waals surface area contributed by atoms with Crippen LogP contribution in [-0.2, 0) is 10.8 Å². The largest absolute Gasteiger partial charge is 0.299 e. The molecule has 1 nitrogen and oxygen atoms in total. The van der Waals surface area contributed by atoms with E-state index in [-0.39, 0.29) is 5.41 Å². The minimum atomic E-state index is 0.251. The van der Waals surface area contributed by atoms with Gasteiger partial charge in [0, 0.05) is 24.5 Å². The summed E-state index contributed by atoms with van der Waals surface area (Å²) in [6.07, 6.45) is 5.61. The fourth-order valence-electron chi connectivity index (χ4n) is 6.51. The minimum Gasteiger partial charge on any atom is -0.299 e. The molecule has 1 aromatic carbocycles. The molecule has 25 heavy (non-hydrogen) atoms. The van der Waals surface area contributed by atoms with Gasteiger partial charge in [0.05, 0.1) is 0 Å². The highest BCUT2D eigenvalue weighted by Gasteiger charge is 2.72. The Morgan fingerprint density at radius 1 is 1.00 bits per heavy atom. The number of likely N-dealkylation sites (tertiary alicyclic amines) is 1. The summed E-state index contributed by atoms with van der Waals surface area (Å²) in [7, 11) is 0. The van der Waals surface area contributed by atoms with Crippen molar-refractivity contribution in [3.8, 4) is 0 Å². The molecular weight excluding hydrogens is 302 g/mol. The second-order valence-electron chi connectivity index (χ2n) is 11.0. The van der Waals surface area contributed by atoms with Crippen LogP contribution in [0.2, 0.25) is 0 Å². The Balaban J connectivity index is 1.56. The number of nitrogens with zero attached hydrogens (tertiary/aromatic N) is 1. The van der Waals surface area contributed by atoms with Crippen molar-refractivity contribution in [2.45, 2.75) is 84.1 Å². The lowest BCUT2D eigenvalue weighted by molar-refractivity contribution is 0.0663. The highest BCUT2D eigenvalue weighted by molar-refractivity contribution is 5.43. The van der Waals surface area contributed by atoms with E-state index in [0.29, 0.717) is 10.8 Å². The van der Waals surface area contributed by atoms with Crippen LogP contribution in [0.4, 0.5) is 0 Å². The third kappa shape index (κ3) is 2.69. The Kier molecular flexibility index (Phi) is 3.93. The van der Waals surface area contributed by atoms with Crippen molar-refractivity contribution >= 4 is 0 Å². The number of piperidine rings is 1. The summed E-state index contributed by atoms with van der Waals surface area (Å²) in [5.41, 5.74) is 4.30. The van der Waals surface area contributed by atoms with Gasteiger partial charge in [-0.1, -0.05) is 65.8 Å². The molecule has 2 saturated carbocycles. The van der Waals surface area contributed by atoms with Crippen molar-refractivity contribution in [3.63, 3.8) is 0 Å². The number of benzene rings is 1. The van der Waals surface area contributed by atoms with Gasteiger partial charge in [0.15, 0.2) is 0 Å². The van der Waals surface area contributed by atoms with E-state index in [4.69, 9.17) is 0 Å². The number of fused-ring (bicyclic) bond motifs is 1. The van der Waals surface area contributed by atoms with E-state index in [1.54, 1.807) is 5.56 Å². The van der Waals surface area contributed by atoms with Crippen molar-refractivity contribution in [2.24, 2.45) is 17.3 Å². The van der Waals surface area contributed by atoms with Crippen LogP contribution < -0.4 is 0 Å². The summed E-state index contributed by atoms with van der Waals surface area (Å²) in [5, 5.41) is 0. The SMILES string of the molecule is CC1C[C@@H](C)CN([C@H]2CCC3(c4ccc(C(C)(C)C)cc4)C[C@@]23C)C1. The summed E-state index contributed by atoms with van der Waals surface area (Å²) >= 11 is 0. The zero-order valence-corrected chi connectivity index (χ0v) is 17.2. The zero-order chi connectivity index (χ0) is 18.0. The van der Waals surface area contributed by atoms with Crippen LogP contribution in [-0.4, -0.2) is 24.0 Å². The van der Waals surface area contributed by atoms with E-state index in [2.05, 4.69) is 70.7 Å². The standard InChI is InChI=1S/C24H37N/c1-17-13-18(2)15-25(14-17)21-11-12-24(16-23(21,24)6)20-9-7-19(8-10-20)22(3,4)5/h7-10,17-18,21H,11-16H2,1-6H3/t17-,18?,21+,23+,24?/m1/s1. The molecule has 0 spiro atoms. The van der Waals surface area contributed by atoms with Crippen LogP contribution in [0.25, 0.3) is 0 Å². The highest BCUT2D eigenvalue weighted by Crippen LogP contribution is 2.74. The van der Waals surface area contributed by atoms with Crippen LogP contribution in [0, 0.1) is 17.3 Å². The molecule has 1 aliphatic heterocycles. The molecule has 1 aromatic rings. The summed E-state index contributed by atoms with van der Waals surface area (Å²) in [4.78, 5) is 2.87. The lowest BCUT2D eigenvalue weighted by atomic mass is 9.83. The summed E-state index contributed by atoms with van der Waals surface area (Å²) in [6.45, 7) is 17.1. The molecule has 3 fully saturated rings. The van der Waals surface area contributed by atoms with E-state index < -0.39 is 0 Å². The van der Waals surface area contributed by atoms with E-state index in [1.165, 1.54) is 44.3 Å². The van der Waals surface area contributed by atoms with E-state index in [9.17, 15) is 0 Å². The molecule has 0 radical (unpaired) electrons. The van der Waals surface area contributed by atoms with E-state index >= 15 is 0 Å². The second kappa shape index (κ2) is 5.59. The monoisotopic (exact) mass is 339 g/mol. The quantitative estimate of drug-likeness (QED) is 0.661. The first-order chi connectivity index (χ1) is 11.7. The van der Waals surface area contributed by atoms with Gasteiger partial charge in [-0.25, -0.2) is 0 Å². The second-order valence-corrected chi connectivity index (χ2v) is 11.0. The summed E-state index contributed by atoms with van der Waals surface area (Å²) in [6, 6.07) is 10.5. The van der Waals surface area contributed by atoms with Gasteiger partial charge in [-0.3, -0.25) is 4.90 Å². The van der Waals surface area contributed by atoms with Crippen molar-refractivity contribution in [1.29, 1.82) is 0 Å². The van der Waals surface area contributed by atoms with Gasteiger partial charge in [-0.05, 0) is 59.5 Å². The first-order valence-corrected chi connectivity index (χ1v) is 10.5. The van der Waals surface area contributed by atoms with Crippen molar-refractivity contribution in [3.05, 3.63) is 35.4 Å². The average molecular weight is 340 g/mol. The summed E-state index contributed by atoms with van der Waals surface area (Å²) < 4.78 is 0. The predicted molar refractivity (Wildman–Crippen MR) is 107 cm³/mol. The topological polar surface area (TPSA) is 3.24 Å². The number of hydrogen-bond acceptors (Lipinski definition) is 1. The average Bonchev–Trinajstić information content (AvgIpc) is 3.02. The van der Waals surface area contributed by atoms with Gasteiger partial charge < -0.3 is 0 Å². The molecular formula is C24H37N. The molecule has 4 rings (SSSR count). The van der Waals surface area contributed by atoms with Crippen LogP contribution in [0.5, 0.6) is 0 Å². The molecule has 0 N–H and O–H groups in total. The predicted octanol–water partition coefficient (Wildman–Crippen LogP) is 5.77. The molecule has 2 aliphatic carbocycles. The first kappa shape index (κ1) is 17.6. The molecule has 1 saturated heterocycles. The maximum Gasteiger partial charge on any atom is 0.0158 e. The maximum absolute atomic E-state index is 2.87. The molecule has 1 heteroatoms. The lowest BCUT2D eigenvalue weighted by Crippen LogP contribution is -2.47. The Bertz CT molecular complexity index is 625. The minimum absolute atomic E-state index is 0.251. The molecule has 3 aliphatic rings. The Labute approximate surface area is 155 Å². The third-order valence-electron chi connectivity index (χ3n) is 7.86. The van der Waals surface area contributed by atoms with Crippen molar-refractivity contribution in [2.75, 3.05) is 13.1 Å². The first-order valence-electron chi connectivity index (χ1n) is 10.5. The van der Waals surface area contributed by atoms with E-state index in [1.807, 2.05) is 0 Å². The highest BCUT2D eigenvalue weighted by atomic mass is 15.2. The summed E-state index contributed by atoms with van der Waals surface area (Å²) in [5.74, 6) is 1.74. The molecule has 0 amide bonds. The maximum atomic E-state index is 2.87. The Morgan fingerprint density at radius 3 is 2.12 bits per heavy atom. The fraction of sp³-hybridized carbons (Fsp3) is 0.750. The number of rotatable bonds is 2. The van der Waals surface area contributed by atoms with Crippen LogP contribution in [0.3, 0.4) is 0 Å². The van der Waals surface area contributed by atoms with Crippen molar-refractivity contribution in [1.82, 2.24) is 4.90 Å². The van der Waals surface area contributed by atoms with Crippen LogP contribution in [0.1, 0.15) is 78.4 Å².